The number of hydrogen-bond acceptors (Lipinski definition) is 2. The zero-order valence-corrected chi connectivity index (χ0v) is 17.6. The average Bonchev–Trinajstić information content (AvgIpc) is 2.58. The highest BCUT2D eigenvalue weighted by molar-refractivity contribution is 7.24. The quantitative estimate of drug-likeness (QED) is 0.423. The molecule has 3 heteroatoms. The third kappa shape index (κ3) is 4.68. The summed E-state index contributed by atoms with van der Waals surface area (Å²) in [6.45, 7) is 12.5. The molecule has 0 aromatic heterocycles. The standard InChI is InChI=1S/C23H29O2P/c1-15-12-19(23(4,5)6)13-16(2)21(15)22(24)20(14-17(3)26-25)18-10-8-7-9-11-18/h7-13,17,20H,14H2,1-6H3. The van der Waals surface area contributed by atoms with Crippen molar-refractivity contribution in [2.24, 2.45) is 0 Å². The second-order valence-electron chi connectivity index (χ2n) is 8.25. The summed E-state index contributed by atoms with van der Waals surface area (Å²) in [7, 11) is 0.0873. The molecule has 0 fully saturated rings. The van der Waals surface area contributed by atoms with Crippen molar-refractivity contribution in [3.8, 4) is 0 Å². The molecule has 0 amide bonds. The van der Waals surface area contributed by atoms with Crippen LogP contribution in [0.5, 0.6) is 0 Å². The summed E-state index contributed by atoms with van der Waals surface area (Å²) in [6, 6.07) is 14.1. The van der Waals surface area contributed by atoms with E-state index in [2.05, 4.69) is 32.9 Å². The summed E-state index contributed by atoms with van der Waals surface area (Å²) in [4.78, 5) is 13.5. The molecule has 0 aliphatic carbocycles. The highest BCUT2D eigenvalue weighted by Gasteiger charge is 2.27. The van der Waals surface area contributed by atoms with Gasteiger partial charge in [0.15, 0.2) is 14.2 Å². The smallest absolute Gasteiger partial charge is 0.170 e. The number of Topliss-reactive ketones (excluding diaryl/α,β-unsaturated/α-hetero) is 1. The van der Waals surface area contributed by atoms with E-state index in [1.54, 1.807) is 0 Å². The molecule has 0 saturated heterocycles. The normalized spacial score (nSPS) is 14.2. The predicted octanol–water partition coefficient (Wildman–Crippen LogP) is 6.64. The monoisotopic (exact) mass is 368 g/mol. The van der Waals surface area contributed by atoms with E-state index in [0.717, 1.165) is 22.3 Å². The first kappa shape index (κ1) is 20.5. The Kier molecular flexibility index (Phi) is 6.53. The summed E-state index contributed by atoms with van der Waals surface area (Å²) in [5.74, 6) is -0.146. The SMILES string of the molecule is Cc1cc(C(C)(C)C)cc(C)c1C(=O)C(CC(C)P=O)c1ccccc1. The molecule has 26 heavy (non-hydrogen) atoms. The van der Waals surface area contributed by atoms with Gasteiger partial charge in [-0.25, -0.2) is 0 Å². The van der Waals surface area contributed by atoms with Gasteiger partial charge in [-0.15, -0.1) is 0 Å². The summed E-state index contributed by atoms with van der Waals surface area (Å²) in [6.07, 6.45) is 0.577. The number of hydrogen-bond donors (Lipinski definition) is 0. The zero-order chi connectivity index (χ0) is 19.5. The van der Waals surface area contributed by atoms with Gasteiger partial charge in [0.25, 0.3) is 0 Å². The van der Waals surface area contributed by atoms with Gasteiger partial charge in [-0.1, -0.05) is 70.2 Å². The molecule has 0 aliphatic heterocycles. The Morgan fingerprint density at radius 1 is 1.04 bits per heavy atom. The lowest BCUT2D eigenvalue weighted by molar-refractivity contribution is 0.0954. The van der Waals surface area contributed by atoms with Gasteiger partial charge in [-0.05, 0) is 47.9 Å². The first-order valence-corrected chi connectivity index (χ1v) is 10.1. The lowest BCUT2D eigenvalue weighted by atomic mass is 9.80. The van der Waals surface area contributed by atoms with Crippen molar-refractivity contribution in [3.63, 3.8) is 0 Å². The second-order valence-corrected chi connectivity index (χ2v) is 9.35. The third-order valence-electron chi connectivity index (χ3n) is 4.92. The van der Waals surface area contributed by atoms with Crippen LogP contribution in [0.2, 0.25) is 0 Å². The highest BCUT2D eigenvalue weighted by Crippen LogP contribution is 2.33. The van der Waals surface area contributed by atoms with E-state index in [0.29, 0.717) is 6.42 Å². The van der Waals surface area contributed by atoms with Crippen molar-refractivity contribution in [2.45, 2.75) is 65.0 Å². The van der Waals surface area contributed by atoms with E-state index in [9.17, 15) is 9.36 Å². The van der Waals surface area contributed by atoms with Crippen molar-refractivity contribution < 1.29 is 9.36 Å². The van der Waals surface area contributed by atoms with Crippen LogP contribution in [0.3, 0.4) is 0 Å². The molecule has 2 aromatic carbocycles. The zero-order valence-electron chi connectivity index (χ0n) is 16.7. The van der Waals surface area contributed by atoms with Crippen molar-refractivity contribution in [2.75, 3.05) is 0 Å². The van der Waals surface area contributed by atoms with Crippen molar-refractivity contribution >= 4 is 14.2 Å². The lowest BCUT2D eigenvalue weighted by Gasteiger charge is -2.24. The number of ketones is 1. The highest BCUT2D eigenvalue weighted by atomic mass is 31.1. The molecular formula is C23H29O2P. The molecule has 2 aromatic rings. The third-order valence-corrected chi connectivity index (χ3v) is 5.49. The van der Waals surface area contributed by atoms with Crippen molar-refractivity contribution in [1.82, 2.24) is 0 Å². The van der Waals surface area contributed by atoms with Crippen LogP contribution in [0.1, 0.15) is 72.6 Å². The molecule has 0 heterocycles. The Bertz CT molecular complexity index is 765. The lowest BCUT2D eigenvalue weighted by Crippen LogP contribution is -2.20. The molecule has 0 bridgehead atoms. The Balaban J connectivity index is 2.50. The van der Waals surface area contributed by atoms with Gasteiger partial charge in [0.2, 0.25) is 0 Å². The van der Waals surface area contributed by atoms with Crippen LogP contribution in [0.4, 0.5) is 0 Å². The largest absolute Gasteiger partial charge is 0.293 e. The minimum atomic E-state index is -0.273. The summed E-state index contributed by atoms with van der Waals surface area (Å²) < 4.78 is 11.3. The minimum absolute atomic E-state index is 0.0475. The molecular weight excluding hydrogens is 339 g/mol. The van der Waals surface area contributed by atoms with Gasteiger partial charge in [-0.3, -0.25) is 9.36 Å². The Morgan fingerprint density at radius 2 is 1.58 bits per heavy atom. The number of carbonyl (C=O) groups excluding carboxylic acids is 1. The van der Waals surface area contributed by atoms with Gasteiger partial charge < -0.3 is 0 Å². The molecule has 138 valence electrons. The summed E-state index contributed by atoms with van der Waals surface area (Å²) >= 11 is 0. The Hall–Kier alpha value is -1.79. The van der Waals surface area contributed by atoms with Crippen LogP contribution in [0.15, 0.2) is 42.5 Å². The predicted molar refractivity (Wildman–Crippen MR) is 110 cm³/mol. The molecule has 2 rings (SSSR count). The minimum Gasteiger partial charge on any atom is -0.293 e. The number of aryl methyl sites for hydroxylation is 2. The number of rotatable bonds is 6. The van der Waals surface area contributed by atoms with Crippen LogP contribution in [-0.2, 0) is 9.98 Å². The molecule has 2 nitrogen and oxygen atoms in total. The molecule has 0 saturated carbocycles. The van der Waals surface area contributed by atoms with E-state index < -0.39 is 0 Å². The Morgan fingerprint density at radius 3 is 2.04 bits per heavy atom. The van der Waals surface area contributed by atoms with Crippen LogP contribution in [0, 0.1) is 13.8 Å². The van der Waals surface area contributed by atoms with Crippen molar-refractivity contribution in [3.05, 3.63) is 70.3 Å². The van der Waals surface area contributed by atoms with Gasteiger partial charge >= 0.3 is 0 Å². The molecule has 2 unspecified atom stereocenters. The first-order chi connectivity index (χ1) is 12.1. The van der Waals surface area contributed by atoms with E-state index in [-0.39, 0.29) is 31.2 Å². The average molecular weight is 368 g/mol. The van der Waals surface area contributed by atoms with Gasteiger partial charge in [0, 0.05) is 17.1 Å². The van der Waals surface area contributed by atoms with Crippen LogP contribution in [-0.4, -0.2) is 11.4 Å². The second kappa shape index (κ2) is 8.27. The maximum absolute atomic E-state index is 13.5. The molecule has 2 atom stereocenters. The topological polar surface area (TPSA) is 34.1 Å². The fraction of sp³-hybridized carbons (Fsp3) is 0.435. The maximum atomic E-state index is 13.5. The molecule has 0 N–H and O–H groups in total. The fourth-order valence-corrected chi connectivity index (χ4v) is 3.72. The van der Waals surface area contributed by atoms with Gasteiger partial charge in [0.1, 0.15) is 0 Å². The molecule has 0 aliphatic rings. The van der Waals surface area contributed by atoms with E-state index in [1.165, 1.54) is 5.56 Å². The Labute approximate surface area is 159 Å². The van der Waals surface area contributed by atoms with Gasteiger partial charge in [-0.2, -0.15) is 0 Å². The van der Waals surface area contributed by atoms with Crippen molar-refractivity contribution in [1.29, 1.82) is 0 Å². The fourth-order valence-electron chi connectivity index (χ4n) is 3.42. The summed E-state index contributed by atoms with van der Waals surface area (Å²) in [5.41, 5.74) is 5.08. The van der Waals surface area contributed by atoms with Gasteiger partial charge in [0.05, 0.1) is 0 Å². The van der Waals surface area contributed by atoms with E-state index in [4.69, 9.17) is 0 Å². The molecule has 0 radical (unpaired) electrons. The van der Waals surface area contributed by atoms with Crippen LogP contribution >= 0.6 is 8.46 Å². The number of benzene rings is 2. The van der Waals surface area contributed by atoms with E-state index in [1.807, 2.05) is 51.1 Å². The van der Waals surface area contributed by atoms with Crippen LogP contribution in [0.25, 0.3) is 0 Å². The first-order valence-electron chi connectivity index (χ1n) is 9.18. The summed E-state index contributed by atoms with van der Waals surface area (Å²) in [5, 5.41) is 0. The molecule has 0 spiro atoms. The number of carbonyl (C=O) groups is 1. The van der Waals surface area contributed by atoms with E-state index >= 15 is 0 Å². The maximum Gasteiger partial charge on any atom is 0.170 e. The van der Waals surface area contributed by atoms with Crippen LogP contribution < -0.4 is 0 Å².